The summed E-state index contributed by atoms with van der Waals surface area (Å²) >= 11 is 1.68. The third kappa shape index (κ3) is 1.33. The van der Waals surface area contributed by atoms with E-state index in [4.69, 9.17) is 0 Å². The van der Waals surface area contributed by atoms with E-state index < -0.39 is 12.2 Å². The van der Waals surface area contributed by atoms with Crippen molar-refractivity contribution in [2.45, 2.75) is 36.0 Å². The second-order valence-corrected chi connectivity index (χ2v) is 4.39. The molecule has 0 aromatic carbocycles. The van der Waals surface area contributed by atoms with Crippen LogP contribution in [0.25, 0.3) is 0 Å². The zero-order valence-electron chi connectivity index (χ0n) is 6.32. The Labute approximate surface area is 66.4 Å². The quantitative estimate of drug-likeness (QED) is 0.493. The molecule has 0 aliphatic carbocycles. The normalized spacial score (nSPS) is 47.9. The summed E-state index contributed by atoms with van der Waals surface area (Å²) in [5.74, 6) is 0. The Morgan fingerprint density at radius 3 is 2.20 bits per heavy atom. The number of rotatable bonds is 1. The van der Waals surface area contributed by atoms with Crippen LogP contribution >= 0.6 is 11.8 Å². The van der Waals surface area contributed by atoms with E-state index in [1.807, 2.05) is 14.8 Å². The third-order valence-electron chi connectivity index (χ3n) is 2.00. The highest BCUT2D eigenvalue weighted by Gasteiger charge is 2.38. The molecule has 0 aromatic rings. The molecule has 58 valence electrons. The number of hydrogen-bond acceptors (Lipinski definition) is 3. The summed E-state index contributed by atoms with van der Waals surface area (Å²) in [6.07, 6.45) is -0.0901. The van der Waals surface area contributed by atoms with Gasteiger partial charge in [-0.3, -0.25) is 0 Å². The molecule has 0 radical (unpaired) electrons. The Morgan fingerprint density at radius 2 is 2.00 bits per heavy atom. The highest BCUT2D eigenvalue weighted by Crippen LogP contribution is 2.34. The predicted octanol–water partition coefficient (Wildman–Crippen LogP) is -0.807. The molecule has 1 heterocycles. The van der Waals surface area contributed by atoms with Crippen LogP contribution in [0.4, 0.5) is 0 Å². The average Bonchev–Trinajstić information content (AvgIpc) is 2.17. The van der Waals surface area contributed by atoms with Crippen molar-refractivity contribution in [3.63, 3.8) is 0 Å². The average molecular weight is 160 g/mol. The van der Waals surface area contributed by atoms with E-state index in [0.29, 0.717) is 0 Å². The molecule has 1 rings (SSSR count). The minimum absolute atomic E-state index is 0.194. The Hall–Kier alpha value is 0.335. The van der Waals surface area contributed by atoms with Crippen LogP contribution in [-0.2, 0) is 0 Å². The number of hydrogen-bond donors (Lipinski definition) is 2. The fraction of sp³-hybridized carbons (Fsp3) is 1.00. The molecule has 0 saturated carbocycles. The van der Waals surface area contributed by atoms with E-state index in [-0.39, 0.29) is 10.4 Å². The summed E-state index contributed by atoms with van der Waals surface area (Å²) in [5, 5.41) is 19.1. The fourth-order valence-corrected chi connectivity index (χ4v) is 2.66. The molecule has 0 amide bonds. The molecule has 1 aliphatic heterocycles. The predicted molar refractivity (Wildman–Crippen MR) is 46.0 cm³/mol. The first-order chi connectivity index (χ1) is 4.66. The Morgan fingerprint density at radius 1 is 1.40 bits per heavy atom. The molecule has 0 aromatic heterocycles. The molecule has 4 atom stereocenters. The summed E-state index contributed by atoms with van der Waals surface area (Å²) in [6.45, 7) is 2.03. The Bertz CT molecular complexity index is 122. The lowest BCUT2D eigenvalue weighted by atomic mass is 9.94. The van der Waals surface area contributed by atoms with Gasteiger partial charge in [0, 0.05) is 10.4 Å². The molecule has 0 bridgehead atoms. The molecule has 1 aliphatic rings. The van der Waals surface area contributed by atoms with E-state index in [1.54, 1.807) is 11.8 Å². The fourth-order valence-electron chi connectivity index (χ4n) is 1.27. The van der Waals surface area contributed by atoms with Crippen LogP contribution < -0.4 is 0 Å². The largest absolute Gasteiger partial charge is 0.390 e. The minimum Gasteiger partial charge on any atom is -0.390 e. The van der Waals surface area contributed by atoms with Crippen molar-refractivity contribution in [1.82, 2.24) is 0 Å². The van der Waals surface area contributed by atoms with Gasteiger partial charge in [-0.25, -0.2) is 0 Å². The van der Waals surface area contributed by atoms with Crippen LogP contribution in [0, 0.1) is 0 Å². The number of thioether (sulfide) groups is 1. The lowest BCUT2D eigenvalue weighted by Gasteiger charge is -2.12. The van der Waals surface area contributed by atoms with Crippen molar-refractivity contribution in [3.8, 4) is 0 Å². The molecule has 1 fully saturated rings. The zero-order valence-corrected chi connectivity index (χ0v) is 7.14. The lowest BCUT2D eigenvalue weighted by Crippen LogP contribution is -2.32. The van der Waals surface area contributed by atoms with E-state index in [1.165, 1.54) is 0 Å². The van der Waals surface area contributed by atoms with Crippen molar-refractivity contribution in [2.75, 3.05) is 0 Å². The van der Waals surface area contributed by atoms with Crippen LogP contribution in [0.15, 0.2) is 0 Å². The van der Waals surface area contributed by atoms with Gasteiger partial charge in [0.15, 0.2) is 0 Å². The molecule has 2 nitrogen and oxygen atoms in total. The standard InChI is InChI=1S/C6H13BO2S/c1-2-3-4(8)5(9)6(7)10-3/h3-6,8-9H,2,7H2,1H3/t3-,4?,5?,6-/m1/s1. The monoisotopic (exact) mass is 160 g/mol. The van der Waals surface area contributed by atoms with Gasteiger partial charge in [-0.2, -0.15) is 11.8 Å². The van der Waals surface area contributed by atoms with Gasteiger partial charge >= 0.3 is 0 Å². The maximum atomic E-state index is 9.36. The van der Waals surface area contributed by atoms with Crippen LogP contribution in [0.2, 0.25) is 0 Å². The first-order valence-electron chi connectivity index (χ1n) is 3.68. The topological polar surface area (TPSA) is 40.5 Å². The van der Waals surface area contributed by atoms with Crippen molar-refractivity contribution in [1.29, 1.82) is 0 Å². The Kier molecular flexibility index (Phi) is 2.66. The second-order valence-electron chi connectivity index (χ2n) is 2.77. The third-order valence-corrected chi connectivity index (χ3v) is 3.67. The number of aliphatic hydroxyl groups is 2. The Balaban J connectivity index is 2.53. The van der Waals surface area contributed by atoms with Crippen LogP contribution in [-0.4, -0.2) is 40.7 Å². The first-order valence-corrected chi connectivity index (χ1v) is 4.62. The van der Waals surface area contributed by atoms with E-state index >= 15 is 0 Å². The zero-order chi connectivity index (χ0) is 7.72. The molecule has 1 saturated heterocycles. The molecule has 10 heavy (non-hydrogen) atoms. The van der Waals surface area contributed by atoms with Gasteiger partial charge in [-0.05, 0) is 6.42 Å². The van der Waals surface area contributed by atoms with Crippen LogP contribution in [0.1, 0.15) is 13.3 Å². The van der Waals surface area contributed by atoms with Crippen molar-refractivity contribution < 1.29 is 10.2 Å². The van der Waals surface area contributed by atoms with Gasteiger partial charge in [0.05, 0.1) is 12.2 Å². The molecular formula is C6H13BO2S. The maximum absolute atomic E-state index is 9.36. The molecule has 4 heteroatoms. The van der Waals surface area contributed by atoms with E-state index in [0.717, 1.165) is 6.42 Å². The van der Waals surface area contributed by atoms with E-state index in [9.17, 15) is 10.2 Å². The summed E-state index contributed by atoms with van der Waals surface area (Å²) in [7, 11) is 1.95. The van der Waals surface area contributed by atoms with Gasteiger partial charge < -0.3 is 10.2 Å². The van der Waals surface area contributed by atoms with Crippen molar-refractivity contribution in [3.05, 3.63) is 0 Å². The van der Waals surface area contributed by atoms with Gasteiger partial charge in [0.25, 0.3) is 0 Å². The second kappa shape index (κ2) is 3.16. The molecule has 2 unspecified atom stereocenters. The lowest BCUT2D eigenvalue weighted by molar-refractivity contribution is 0.0367. The SMILES string of the molecule is B[C@@H]1S[C@H](CC)C(O)C1O. The van der Waals surface area contributed by atoms with Gasteiger partial charge in [0.1, 0.15) is 7.85 Å². The summed E-state index contributed by atoms with van der Waals surface area (Å²) in [4.78, 5) is 0. The van der Waals surface area contributed by atoms with Gasteiger partial charge in [-0.1, -0.05) is 6.92 Å². The smallest absolute Gasteiger partial charge is 0.121 e. The van der Waals surface area contributed by atoms with Gasteiger partial charge in [-0.15, -0.1) is 0 Å². The first kappa shape index (κ1) is 8.43. The maximum Gasteiger partial charge on any atom is 0.121 e. The molecular weight excluding hydrogens is 147 g/mol. The summed E-state index contributed by atoms with van der Waals surface area (Å²) < 4.78 is 0. The van der Waals surface area contributed by atoms with E-state index in [2.05, 4.69) is 0 Å². The minimum atomic E-state index is -0.519. The molecule has 0 spiro atoms. The highest BCUT2D eigenvalue weighted by molar-refractivity contribution is 8.02. The highest BCUT2D eigenvalue weighted by atomic mass is 32.2. The summed E-state index contributed by atoms with van der Waals surface area (Å²) in [5.41, 5.74) is 0. The summed E-state index contributed by atoms with van der Waals surface area (Å²) in [6, 6.07) is 0. The van der Waals surface area contributed by atoms with Crippen LogP contribution in [0.3, 0.4) is 0 Å². The number of aliphatic hydroxyl groups excluding tert-OH is 2. The van der Waals surface area contributed by atoms with Crippen molar-refractivity contribution >= 4 is 19.6 Å². The van der Waals surface area contributed by atoms with Crippen LogP contribution in [0.5, 0.6) is 0 Å². The van der Waals surface area contributed by atoms with Gasteiger partial charge in [0.2, 0.25) is 0 Å². The van der Waals surface area contributed by atoms with Crippen molar-refractivity contribution in [2.24, 2.45) is 0 Å². The molecule has 2 N–H and O–H groups in total.